The molecule has 1 unspecified atom stereocenters. The topological polar surface area (TPSA) is 41.6 Å². The zero-order chi connectivity index (χ0) is 13.3. The van der Waals surface area contributed by atoms with Crippen molar-refractivity contribution in [3.63, 3.8) is 0 Å². The first-order valence-electron chi connectivity index (χ1n) is 6.29. The van der Waals surface area contributed by atoms with E-state index in [2.05, 4.69) is 52.7 Å². The number of nitrogens with two attached hydrogens (primary N) is 1. The summed E-state index contributed by atoms with van der Waals surface area (Å²) < 4.78 is 1.06. The van der Waals surface area contributed by atoms with Gasteiger partial charge in [0.15, 0.2) is 5.96 Å². The van der Waals surface area contributed by atoms with Gasteiger partial charge in [-0.05, 0) is 47.3 Å². The van der Waals surface area contributed by atoms with Crippen molar-refractivity contribution in [3.05, 3.63) is 28.7 Å². The third-order valence-electron chi connectivity index (χ3n) is 3.29. The summed E-state index contributed by atoms with van der Waals surface area (Å²) in [6.45, 7) is 7.46. The molecule has 0 fully saturated rings. The molecule has 1 heterocycles. The molecular formula is C14H20BrN3. The third-order valence-corrected chi connectivity index (χ3v) is 3.96. The van der Waals surface area contributed by atoms with E-state index in [-0.39, 0.29) is 5.54 Å². The van der Waals surface area contributed by atoms with Crippen LogP contribution in [-0.2, 0) is 0 Å². The van der Waals surface area contributed by atoms with E-state index in [1.54, 1.807) is 0 Å². The van der Waals surface area contributed by atoms with Gasteiger partial charge < -0.3 is 10.6 Å². The minimum atomic E-state index is -0.0257. The molecule has 1 aromatic carbocycles. The van der Waals surface area contributed by atoms with Crippen molar-refractivity contribution in [1.29, 1.82) is 0 Å². The molecule has 2 rings (SSSR count). The van der Waals surface area contributed by atoms with Gasteiger partial charge in [-0.2, -0.15) is 0 Å². The molecule has 18 heavy (non-hydrogen) atoms. The molecule has 1 atom stereocenters. The summed E-state index contributed by atoms with van der Waals surface area (Å²) in [5.41, 5.74) is 7.16. The Hall–Kier alpha value is -1.03. The van der Waals surface area contributed by atoms with Crippen LogP contribution in [0.1, 0.15) is 27.2 Å². The molecule has 4 heteroatoms. The Morgan fingerprint density at radius 2 is 2.11 bits per heavy atom. The summed E-state index contributed by atoms with van der Waals surface area (Å²) in [6, 6.07) is 8.16. The molecule has 0 bridgehead atoms. The number of para-hydroxylation sites is 1. The standard InChI is InChI=1S/C14H20BrN3/c1-10(2)8-14(3)9-17-13(16)18(14)12-7-5-4-6-11(12)15/h4-7,10H,8-9H2,1-3H3,(H2,16,17). The molecule has 0 radical (unpaired) electrons. The Balaban J connectivity index is 2.39. The molecular weight excluding hydrogens is 290 g/mol. The highest BCUT2D eigenvalue weighted by Gasteiger charge is 2.39. The number of hydrogen-bond acceptors (Lipinski definition) is 3. The number of aliphatic imine (C=N–C) groups is 1. The lowest BCUT2D eigenvalue weighted by Crippen LogP contribution is -2.50. The average molecular weight is 310 g/mol. The van der Waals surface area contributed by atoms with Crippen LogP contribution in [0.5, 0.6) is 0 Å². The van der Waals surface area contributed by atoms with Gasteiger partial charge in [-0.25, -0.2) is 0 Å². The molecule has 1 aliphatic heterocycles. The Morgan fingerprint density at radius 1 is 1.44 bits per heavy atom. The Labute approximate surface area is 117 Å². The summed E-state index contributed by atoms with van der Waals surface area (Å²) >= 11 is 3.60. The molecule has 2 N–H and O–H groups in total. The Kier molecular flexibility index (Phi) is 3.66. The van der Waals surface area contributed by atoms with Crippen molar-refractivity contribution < 1.29 is 0 Å². The van der Waals surface area contributed by atoms with Crippen LogP contribution in [0.2, 0.25) is 0 Å². The summed E-state index contributed by atoms with van der Waals surface area (Å²) in [5.74, 6) is 1.23. The smallest absolute Gasteiger partial charge is 0.196 e. The van der Waals surface area contributed by atoms with Gasteiger partial charge >= 0.3 is 0 Å². The fourth-order valence-electron chi connectivity index (χ4n) is 2.75. The van der Waals surface area contributed by atoms with Crippen molar-refractivity contribution in [2.45, 2.75) is 32.7 Å². The molecule has 0 aliphatic carbocycles. The molecule has 1 aliphatic rings. The minimum absolute atomic E-state index is 0.0257. The van der Waals surface area contributed by atoms with E-state index in [0.29, 0.717) is 11.9 Å². The van der Waals surface area contributed by atoms with Gasteiger partial charge in [-0.3, -0.25) is 4.99 Å². The average Bonchev–Trinajstić information content (AvgIpc) is 2.55. The minimum Gasteiger partial charge on any atom is -0.369 e. The van der Waals surface area contributed by atoms with Gasteiger partial charge in [0.1, 0.15) is 0 Å². The first-order chi connectivity index (χ1) is 8.44. The second-order valence-electron chi connectivity index (χ2n) is 5.56. The second kappa shape index (κ2) is 4.92. The van der Waals surface area contributed by atoms with Crippen LogP contribution in [-0.4, -0.2) is 18.0 Å². The Bertz CT molecular complexity index is 470. The number of anilines is 1. The molecule has 0 spiro atoms. The van der Waals surface area contributed by atoms with Crippen LogP contribution >= 0.6 is 15.9 Å². The molecule has 0 saturated heterocycles. The van der Waals surface area contributed by atoms with Gasteiger partial charge in [-0.15, -0.1) is 0 Å². The quantitative estimate of drug-likeness (QED) is 0.930. The largest absolute Gasteiger partial charge is 0.369 e. The normalized spacial score (nSPS) is 23.6. The SMILES string of the molecule is CC(C)CC1(C)CN=C(N)N1c1ccccc1Br. The zero-order valence-corrected chi connectivity index (χ0v) is 12.7. The highest BCUT2D eigenvalue weighted by molar-refractivity contribution is 9.10. The van der Waals surface area contributed by atoms with E-state index in [4.69, 9.17) is 5.73 Å². The lowest BCUT2D eigenvalue weighted by Gasteiger charge is -2.38. The zero-order valence-electron chi connectivity index (χ0n) is 11.2. The highest BCUT2D eigenvalue weighted by Crippen LogP contribution is 2.37. The van der Waals surface area contributed by atoms with Gasteiger partial charge in [0, 0.05) is 4.47 Å². The molecule has 0 amide bonds. The maximum absolute atomic E-state index is 6.09. The van der Waals surface area contributed by atoms with Crippen molar-refractivity contribution in [1.82, 2.24) is 0 Å². The highest BCUT2D eigenvalue weighted by atomic mass is 79.9. The van der Waals surface area contributed by atoms with E-state index in [9.17, 15) is 0 Å². The number of benzene rings is 1. The van der Waals surface area contributed by atoms with Crippen molar-refractivity contribution >= 4 is 27.6 Å². The van der Waals surface area contributed by atoms with Crippen LogP contribution in [0.15, 0.2) is 33.7 Å². The number of nitrogens with zero attached hydrogens (tertiary/aromatic N) is 2. The van der Waals surface area contributed by atoms with E-state index >= 15 is 0 Å². The number of guanidine groups is 1. The fourth-order valence-corrected chi connectivity index (χ4v) is 3.21. The lowest BCUT2D eigenvalue weighted by atomic mass is 9.89. The molecule has 3 nitrogen and oxygen atoms in total. The van der Waals surface area contributed by atoms with Gasteiger partial charge in [0.2, 0.25) is 0 Å². The van der Waals surface area contributed by atoms with Gasteiger partial charge in [0.25, 0.3) is 0 Å². The van der Waals surface area contributed by atoms with Crippen LogP contribution in [0.25, 0.3) is 0 Å². The van der Waals surface area contributed by atoms with E-state index in [1.165, 1.54) is 0 Å². The monoisotopic (exact) mass is 309 g/mol. The molecule has 98 valence electrons. The third kappa shape index (κ3) is 2.39. The number of rotatable bonds is 3. The Morgan fingerprint density at radius 3 is 2.72 bits per heavy atom. The van der Waals surface area contributed by atoms with Crippen LogP contribution in [0.3, 0.4) is 0 Å². The maximum atomic E-state index is 6.09. The predicted octanol–water partition coefficient (Wildman–Crippen LogP) is 3.39. The fraction of sp³-hybridized carbons (Fsp3) is 0.500. The van der Waals surface area contributed by atoms with E-state index < -0.39 is 0 Å². The molecule has 1 aromatic rings. The first-order valence-corrected chi connectivity index (χ1v) is 7.08. The summed E-state index contributed by atoms with van der Waals surface area (Å²) in [6.07, 6.45) is 1.07. The summed E-state index contributed by atoms with van der Waals surface area (Å²) in [5, 5.41) is 0. The van der Waals surface area contributed by atoms with Crippen molar-refractivity contribution in [3.8, 4) is 0 Å². The van der Waals surface area contributed by atoms with E-state index in [1.807, 2.05) is 18.2 Å². The second-order valence-corrected chi connectivity index (χ2v) is 6.41. The summed E-state index contributed by atoms with van der Waals surface area (Å²) in [4.78, 5) is 6.60. The predicted molar refractivity (Wildman–Crippen MR) is 81.0 cm³/mol. The molecule has 0 aromatic heterocycles. The van der Waals surface area contributed by atoms with Crippen LogP contribution < -0.4 is 10.6 Å². The maximum Gasteiger partial charge on any atom is 0.196 e. The van der Waals surface area contributed by atoms with Crippen molar-refractivity contribution in [2.75, 3.05) is 11.4 Å². The molecule has 0 saturated carbocycles. The van der Waals surface area contributed by atoms with Crippen LogP contribution in [0.4, 0.5) is 5.69 Å². The van der Waals surface area contributed by atoms with Crippen molar-refractivity contribution in [2.24, 2.45) is 16.6 Å². The number of halogens is 1. The first kappa shape index (κ1) is 13.4. The lowest BCUT2D eigenvalue weighted by molar-refractivity contribution is 0.392. The van der Waals surface area contributed by atoms with Gasteiger partial charge in [0.05, 0.1) is 17.8 Å². The van der Waals surface area contributed by atoms with Gasteiger partial charge in [-0.1, -0.05) is 26.0 Å². The number of hydrogen-bond donors (Lipinski definition) is 1. The van der Waals surface area contributed by atoms with E-state index in [0.717, 1.165) is 23.1 Å². The van der Waals surface area contributed by atoms with Crippen LogP contribution in [0, 0.1) is 5.92 Å². The summed E-state index contributed by atoms with van der Waals surface area (Å²) in [7, 11) is 0.